The zero-order valence-corrected chi connectivity index (χ0v) is 17.3. The first-order valence-corrected chi connectivity index (χ1v) is 10.3. The summed E-state index contributed by atoms with van der Waals surface area (Å²) >= 11 is 1.49. The van der Waals surface area contributed by atoms with Gasteiger partial charge in [-0.25, -0.2) is 14.2 Å². The van der Waals surface area contributed by atoms with Gasteiger partial charge in [0.05, 0.1) is 21.7 Å². The second-order valence-electron chi connectivity index (χ2n) is 6.63. The van der Waals surface area contributed by atoms with Gasteiger partial charge in [0.2, 0.25) is 0 Å². The van der Waals surface area contributed by atoms with Crippen molar-refractivity contribution >= 4 is 40.0 Å². The van der Waals surface area contributed by atoms with E-state index in [1.165, 1.54) is 23.5 Å². The molecule has 4 rings (SSSR count). The number of benzene rings is 2. The summed E-state index contributed by atoms with van der Waals surface area (Å²) < 4.78 is 18.1. The summed E-state index contributed by atoms with van der Waals surface area (Å²) in [6.07, 6.45) is 0. The fraction of sp³-hybridized carbons (Fsp3) is 0.0435. The monoisotopic (exact) mass is 449 g/mol. The van der Waals surface area contributed by atoms with Crippen LogP contribution in [0.4, 0.5) is 4.39 Å². The highest BCUT2D eigenvalue weighted by molar-refractivity contribution is 7.13. The second kappa shape index (κ2) is 9.36. The molecular formula is C23H16FN3O4S. The van der Waals surface area contributed by atoms with Gasteiger partial charge in [-0.1, -0.05) is 24.3 Å². The summed E-state index contributed by atoms with van der Waals surface area (Å²) in [5, 5.41) is 2.51. The van der Waals surface area contributed by atoms with Gasteiger partial charge in [-0.05, 0) is 47.8 Å². The Morgan fingerprint density at radius 2 is 1.75 bits per heavy atom. The molecular weight excluding hydrogens is 433 g/mol. The van der Waals surface area contributed by atoms with Crippen molar-refractivity contribution < 1.29 is 23.5 Å². The molecule has 0 spiro atoms. The molecule has 2 N–H and O–H groups in total. The molecule has 2 amide bonds. The van der Waals surface area contributed by atoms with Crippen LogP contribution in [0.15, 0.2) is 72.1 Å². The van der Waals surface area contributed by atoms with Crippen molar-refractivity contribution in [3.8, 4) is 10.6 Å². The summed E-state index contributed by atoms with van der Waals surface area (Å²) in [5.41, 5.74) is 6.02. The Labute approximate surface area is 185 Å². The standard InChI is InChI=1S/C23H16FN3O4S/c24-15-9-7-14(8-10-15)22(29)27-26-21(28)13-31-23(30)17-12-19(20-6-3-11-32-20)25-18-5-2-1-4-16(17)18/h1-12H,13H2,(H,26,28)(H,27,29). The number of esters is 1. The van der Waals surface area contributed by atoms with E-state index in [2.05, 4.69) is 15.8 Å². The average molecular weight is 449 g/mol. The molecule has 2 aromatic carbocycles. The molecule has 0 radical (unpaired) electrons. The number of para-hydroxylation sites is 1. The third-order valence-electron chi connectivity index (χ3n) is 4.47. The maximum Gasteiger partial charge on any atom is 0.339 e. The van der Waals surface area contributed by atoms with Gasteiger partial charge >= 0.3 is 5.97 Å². The minimum absolute atomic E-state index is 0.160. The minimum Gasteiger partial charge on any atom is -0.452 e. The summed E-state index contributed by atoms with van der Waals surface area (Å²) in [6, 6.07) is 17.4. The number of carbonyl (C=O) groups is 3. The molecule has 9 heteroatoms. The molecule has 0 fully saturated rings. The van der Waals surface area contributed by atoms with Crippen molar-refractivity contribution in [3.05, 3.63) is 89.1 Å². The lowest BCUT2D eigenvalue weighted by atomic mass is 10.1. The van der Waals surface area contributed by atoms with Gasteiger partial charge in [-0.15, -0.1) is 11.3 Å². The van der Waals surface area contributed by atoms with Crippen LogP contribution < -0.4 is 10.9 Å². The van der Waals surface area contributed by atoms with E-state index in [0.29, 0.717) is 16.6 Å². The van der Waals surface area contributed by atoms with E-state index in [-0.39, 0.29) is 11.1 Å². The summed E-state index contributed by atoms with van der Waals surface area (Å²) in [7, 11) is 0. The van der Waals surface area contributed by atoms with Crippen LogP contribution in [0, 0.1) is 5.82 Å². The number of nitrogens with zero attached hydrogens (tertiary/aromatic N) is 1. The average Bonchev–Trinajstić information content (AvgIpc) is 3.36. The largest absolute Gasteiger partial charge is 0.452 e. The van der Waals surface area contributed by atoms with Crippen LogP contribution in [0.3, 0.4) is 0 Å². The number of ether oxygens (including phenoxy) is 1. The van der Waals surface area contributed by atoms with Gasteiger partial charge < -0.3 is 4.74 Å². The van der Waals surface area contributed by atoms with Crippen molar-refractivity contribution in [1.29, 1.82) is 0 Å². The molecule has 4 aromatic rings. The van der Waals surface area contributed by atoms with E-state index >= 15 is 0 Å². The Bertz CT molecular complexity index is 1290. The summed E-state index contributed by atoms with van der Waals surface area (Å²) in [6.45, 7) is -0.604. The lowest BCUT2D eigenvalue weighted by Gasteiger charge is -2.10. The molecule has 0 aliphatic rings. The Kier molecular flexibility index (Phi) is 6.18. The van der Waals surface area contributed by atoms with Crippen LogP contribution in [0.1, 0.15) is 20.7 Å². The summed E-state index contributed by atoms with van der Waals surface area (Å²) in [5.74, 6) is -2.54. The molecule has 2 heterocycles. The van der Waals surface area contributed by atoms with Crippen molar-refractivity contribution in [2.24, 2.45) is 0 Å². The van der Waals surface area contributed by atoms with E-state index in [4.69, 9.17) is 4.74 Å². The first-order valence-electron chi connectivity index (χ1n) is 9.47. The van der Waals surface area contributed by atoms with Gasteiger partial charge in [0, 0.05) is 10.9 Å². The third-order valence-corrected chi connectivity index (χ3v) is 5.36. The number of pyridine rings is 1. The number of hydrogen-bond acceptors (Lipinski definition) is 6. The van der Waals surface area contributed by atoms with Crippen molar-refractivity contribution in [1.82, 2.24) is 15.8 Å². The number of hydrogen-bond donors (Lipinski definition) is 2. The predicted molar refractivity (Wildman–Crippen MR) is 117 cm³/mol. The Morgan fingerprint density at radius 1 is 0.969 bits per heavy atom. The van der Waals surface area contributed by atoms with Crippen LogP contribution in [-0.2, 0) is 9.53 Å². The lowest BCUT2D eigenvalue weighted by Crippen LogP contribution is -2.43. The molecule has 160 valence electrons. The topological polar surface area (TPSA) is 97.4 Å². The van der Waals surface area contributed by atoms with Crippen LogP contribution in [0.25, 0.3) is 21.5 Å². The molecule has 0 aliphatic heterocycles. The fourth-order valence-corrected chi connectivity index (χ4v) is 3.63. The highest BCUT2D eigenvalue weighted by Gasteiger charge is 2.17. The molecule has 0 saturated carbocycles. The zero-order chi connectivity index (χ0) is 22.5. The second-order valence-corrected chi connectivity index (χ2v) is 7.58. The van der Waals surface area contributed by atoms with Gasteiger partial charge in [-0.2, -0.15) is 0 Å². The SMILES string of the molecule is O=C(COC(=O)c1cc(-c2cccs2)nc2ccccc12)NNC(=O)c1ccc(F)cc1. The third kappa shape index (κ3) is 4.79. The van der Waals surface area contributed by atoms with E-state index in [1.807, 2.05) is 23.6 Å². The van der Waals surface area contributed by atoms with Crippen molar-refractivity contribution in [2.45, 2.75) is 0 Å². The first kappa shape index (κ1) is 21.1. The van der Waals surface area contributed by atoms with Crippen LogP contribution in [-0.4, -0.2) is 29.4 Å². The molecule has 0 saturated heterocycles. The van der Waals surface area contributed by atoms with Crippen molar-refractivity contribution in [2.75, 3.05) is 6.61 Å². The molecule has 0 aliphatic carbocycles. The van der Waals surface area contributed by atoms with Gasteiger partial charge in [0.25, 0.3) is 11.8 Å². The number of thiophene rings is 1. The summed E-state index contributed by atoms with van der Waals surface area (Å²) in [4.78, 5) is 42.2. The van der Waals surface area contributed by atoms with E-state index in [1.54, 1.807) is 24.3 Å². The fourth-order valence-electron chi connectivity index (χ4n) is 2.94. The highest BCUT2D eigenvalue weighted by atomic mass is 32.1. The smallest absolute Gasteiger partial charge is 0.339 e. The Hall–Kier alpha value is -4.11. The van der Waals surface area contributed by atoms with Gasteiger partial charge in [-0.3, -0.25) is 20.4 Å². The minimum atomic E-state index is -0.731. The Morgan fingerprint density at radius 3 is 2.50 bits per heavy atom. The maximum atomic E-state index is 12.9. The van der Waals surface area contributed by atoms with E-state index in [0.717, 1.165) is 17.0 Å². The number of hydrazine groups is 1. The number of aromatic nitrogens is 1. The molecule has 0 unspecified atom stereocenters. The Balaban J connectivity index is 1.42. The molecule has 0 atom stereocenters. The maximum absolute atomic E-state index is 12.9. The van der Waals surface area contributed by atoms with E-state index < -0.39 is 30.2 Å². The number of amides is 2. The lowest BCUT2D eigenvalue weighted by molar-refractivity contribution is -0.125. The van der Waals surface area contributed by atoms with Crippen LogP contribution in [0.2, 0.25) is 0 Å². The number of carbonyl (C=O) groups excluding carboxylic acids is 3. The number of nitrogens with one attached hydrogen (secondary N) is 2. The molecule has 7 nitrogen and oxygen atoms in total. The molecule has 0 bridgehead atoms. The van der Waals surface area contributed by atoms with Crippen LogP contribution >= 0.6 is 11.3 Å². The van der Waals surface area contributed by atoms with Gasteiger partial charge in [0.15, 0.2) is 6.61 Å². The predicted octanol–water partition coefficient (Wildman–Crippen LogP) is 3.72. The van der Waals surface area contributed by atoms with E-state index in [9.17, 15) is 18.8 Å². The number of halogens is 1. The quantitative estimate of drug-likeness (QED) is 0.358. The van der Waals surface area contributed by atoms with Crippen molar-refractivity contribution in [3.63, 3.8) is 0 Å². The van der Waals surface area contributed by atoms with Crippen LogP contribution in [0.5, 0.6) is 0 Å². The van der Waals surface area contributed by atoms with Gasteiger partial charge in [0.1, 0.15) is 5.82 Å². The molecule has 32 heavy (non-hydrogen) atoms. The number of fused-ring (bicyclic) bond motifs is 1. The number of rotatable bonds is 5. The first-order chi connectivity index (χ1) is 15.5. The molecule has 2 aromatic heterocycles. The zero-order valence-electron chi connectivity index (χ0n) is 16.5. The normalized spacial score (nSPS) is 10.5. The highest BCUT2D eigenvalue weighted by Crippen LogP contribution is 2.28.